The van der Waals surface area contributed by atoms with Crippen molar-refractivity contribution >= 4 is 17.2 Å². The number of halogens is 1. The average molecular weight is 293 g/mol. The van der Waals surface area contributed by atoms with Crippen LogP contribution in [-0.4, -0.2) is 17.6 Å². The van der Waals surface area contributed by atoms with Crippen LogP contribution in [0.4, 0.5) is 4.39 Å². The molecule has 0 radical (unpaired) electrons. The first kappa shape index (κ1) is 14.7. The molecule has 0 aliphatic rings. The van der Waals surface area contributed by atoms with Crippen LogP contribution in [0.2, 0.25) is 0 Å². The van der Waals surface area contributed by atoms with Gasteiger partial charge < -0.3 is 10.4 Å². The lowest BCUT2D eigenvalue weighted by atomic mass is 10.1. The van der Waals surface area contributed by atoms with Gasteiger partial charge in [-0.2, -0.15) is 0 Å². The van der Waals surface area contributed by atoms with E-state index in [1.807, 2.05) is 18.4 Å². The molecule has 0 saturated heterocycles. The van der Waals surface area contributed by atoms with E-state index in [4.69, 9.17) is 0 Å². The zero-order valence-corrected chi connectivity index (χ0v) is 11.9. The Hall–Kier alpha value is -1.72. The zero-order valence-electron chi connectivity index (χ0n) is 11.1. The highest BCUT2D eigenvalue weighted by molar-refractivity contribution is 7.12. The fourth-order valence-electron chi connectivity index (χ4n) is 1.89. The van der Waals surface area contributed by atoms with Crippen LogP contribution in [0.1, 0.15) is 33.8 Å². The van der Waals surface area contributed by atoms with E-state index in [0.717, 1.165) is 12.0 Å². The lowest BCUT2D eigenvalue weighted by Crippen LogP contribution is -2.28. The quantitative estimate of drug-likeness (QED) is 0.890. The molecule has 1 atom stereocenters. The minimum Gasteiger partial charge on any atom is -0.387 e. The Morgan fingerprint density at radius 3 is 2.70 bits per heavy atom. The van der Waals surface area contributed by atoms with Crippen molar-refractivity contribution in [3.8, 4) is 0 Å². The van der Waals surface area contributed by atoms with Crippen LogP contribution in [0.15, 0.2) is 35.7 Å². The molecule has 2 N–H and O–H groups in total. The minimum absolute atomic E-state index is 0.103. The van der Waals surface area contributed by atoms with E-state index in [2.05, 4.69) is 5.32 Å². The Labute approximate surface area is 121 Å². The van der Waals surface area contributed by atoms with Gasteiger partial charge in [0.15, 0.2) is 0 Å². The third-order valence-corrected chi connectivity index (χ3v) is 4.00. The molecule has 1 heterocycles. The van der Waals surface area contributed by atoms with Gasteiger partial charge in [-0.3, -0.25) is 4.79 Å². The number of rotatable bonds is 5. The fourth-order valence-corrected chi connectivity index (χ4v) is 2.80. The first-order chi connectivity index (χ1) is 9.61. The van der Waals surface area contributed by atoms with E-state index in [-0.39, 0.29) is 18.3 Å². The number of aliphatic hydroxyl groups is 1. The number of aryl methyl sites for hydroxylation is 1. The molecule has 0 spiro atoms. The molecule has 0 bridgehead atoms. The molecule has 1 unspecified atom stereocenters. The Morgan fingerprint density at radius 1 is 1.35 bits per heavy atom. The first-order valence-electron chi connectivity index (χ1n) is 6.40. The molecule has 0 aliphatic heterocycles. The van der Waals surface area contributed by atoms with Gasteiger partial charge >= 0.3 is 0 Å². The summed E-state index contributed by atoms with van der Waals surface area (Å²) in [5, 5.41) is 14.5. The molecule has 20 heavy (non-hydrogen) atoms. The number of thiophene rings is 1. The largest absolute Gasteiger partial charge is 0.387 e. The van der Waals surface area contributed by atoms with Crippen molar-refractivity contribution in [2.24, 2.45) is 0 Å². The minimum atomic E-state index is -0.843. The summed E-state index contributed by atoms with van der Waals surface area (Å²) in [7, 11) is 0. The smallest absolute Gasteiger partial charge is 0.261 e. The van der Waals surface area contributed by atoms with Gasteiger partial charge in [-0.15, -0.1) is 11.3 Å². The molecule has 0 aliphatic carbocycles. The summed E-state index contributed by atoms with van der Waals surface area (Å²) in [5.74, 6) is -0.533. The highest BCUT2D eigenvalue weighted by Crippen LogP contribution is 2.18. The number of hydrogen-bond donors (Lipinski definition) is 2. The third-order valence-electron chi connectivity index (χ3n) is 3.04. The number of aliphatic hydroxyl groups excluding tert-OH is 1. The summed E-state index contributed by atoms with van der Waals surface area (Å²) in [6, 6.07) is 7.52. The summed E-state index contributed by atoms with van der Waals surface area (Å²) in [5.41, 5.74) is 1.58. The van der Waals surface area contributed by atoms with Crippen LogP contribution in [-0.2, 0) is 6.42 Å². The maximum atomic E-state index is 12.8. The standard InChI is InChI=1S/C15H16FNO2S/c1-2-10-7-8-20-14(10)15(19)17-9-13(18)11-3-5-12(16)6-4-11/h3-8,13,18H,2,9H2,1H3,(H,17,19). The molecule has 0 fully saturated rings. The Bertz CT molecular complexity index is 580. The second-order valence-electron chi connectivity index (χ2n) is 4.41. The van der Waals surface area contributed by atoms with Gasteiger partial charge in [-0.25, -0.2) is 4.39 Å². The van der Waals surface area contributed by atoms with Crippen LogP contribution in [0.3, 0.4) is 0 Å². The second kappa shape index (κ2) is 6.63. The Kier molecular flexibility index (Phi) is 4.87. The normalized spacial score (nSPS) is 12.2. The highest BCUT2D eigenvalue weighted by atomic mass is 32.1. The van der Waals surface area contributed by atoms with Crippen LogP contribution < -0.4 is 5.32 Å². The fraction of sp³-hybridized carbons (Fsp3) is 0.267. The molecular formula is C15H16FNO2S. The lowest BCUT2D eigenvalue weighted by molar-refractivity contribution is 0.0919. The summed E-state index contributed by atoms with van der Waals surface area (Å²) in [4.78, 5) is 12.7. The van der Waals surface area contributed by atoms with Crippen molar-refractivity contribution in [1.29, 1.82) is 0 Å². The van der Waals surface area contributed by atoms with Gasteiger partial charge in [0.05, 0.1) is 11.0 Å². The molecule has 106 valence electrons. The maximum Gasteiger partial charge on any atom is 0.261 e. The van der Waals surface area contributed by atoms with Gasteiger partial charge in [-0.05, 0) is 41.1 Å². The van der Waals surface area contributed by atoms with E-state index in [1.165, 1.54) is 35.6 Å². The number of carbonyl (C=O) groups excluding carboxylic acids is 1. The highest BCUT2D eigenvalue weighted by Gasteiger charge is 2.14. The molecule has 2 aromatic rings. The average Bonchev–Trinajstić information content (AvgIpc) is 2.93. The van der Waals surface area contributed by atoms with Crippen LogP contribution in [0, 0.1) is 5.82 Å². The number of carbonyl (C=O) groups is 1. The maximum absolute atomic E-state index is 12.8. The molecule has 3 nitrogen and oxygen atoms in total. The first-order valence-corrected chi connectivity index (χ1v) is 7.28. The van der Waals surface area contributed by atoms with Gasteiger partial charge in [0.2, 0.25) is 0 Å². The lowest BCUT2D eigenvalue weighted by Gasteiger charge is -2.12. The molecule has 1 aromatic heterocycles. The topological polar surface area (TPSA) is 49.3 Å². The summed E-state index contributed by atoms with van der Waals surface area (Å²) >= 11 is 1.39. The number of benzene rings is 1. The van der Waals surface area contributed by atoms with Gasteiger partial charge in [-0.1, -0.05) is 19.1 Å². The molecular weight excluding hydrogens is 277 g/mol. The third kappa shape index (κ3) is 3.43. The monoisotopic (exact) mass is 293 g/mol. The molecule has 1 amide bonds. The van der Waals surface area contributed by atoms with Crippen molar-refractivity contribution in [3.05, 3.63) is 57.5 Å². The Balaban J connectivity index is 1.95. The van der Waals surface area contributed by atoms with Crippen LogP contribution in [0.5, 0.6) is 0 Å². The van der Waals surface area contributed by atoms with E-state index >= 15 is 0 Å². The van der Waals surface area contributed by atoms with Crippen molar-refractivity contribution in [2.75, 3.05) is 6.54 Å². The predicted octanol–water partition coefficient (Wildman–Crippen LogP) is 2.91. The number of nitrogens with one attached hydrogen (secondary N) is 1. The van der Waals surface area contributed by atoms with Gasteiger partial charge in [0, 0.05) is 6.54 Å². The summed E-state index contributed by atoms with van der Waals surface area (Å²) in [6.45, 7) is 2.09. The van der Waals surface area contributed by atoms with Crippen LogP contribution >= 0.6 is 11.3 Å². The number of amides is 1. The van der Waals surface area contributed by atoms with Crippen molar-refractivity contribution in [1.82, 2.24) is 5.32 Å². The summed E-state index contributed by atoms with van der Waals surface area (Å²) in [6.07, 6.45) is -0.0446. The van der Waals surface area contributed by atoms with Crippen LogP contribution in [0.25, 0.3) is 0 Å². The van der Waals surface area contributed by atoms with Crippen molar-refractivity contribution in [2.45, 2.75) is 19.4 Å². The van der Waals surface area contributed by atoms with E-state index < -0.39 is 6.10 Å². The Morgan fingerprint density at radius 2 is 2.05 bits per heavy atom. The SMILES string of the molecule is CCc1ccsc1C(=O)NCC(O)c1ccc(F)cc1. The molecule has 1 aromatic carbocycles. The second-order valence-corrected chi connectivity index (χ2v) is 5.32. The van der Waals surface area contributed by atoms with Gasteiger partial charge in [0.1, 0.15) is 5.82 Å². The molecule has 2 rings (SSSR count). The van der Waals surface area contributed by atoms with E-state index in [0.29, 0.717) is 10.4 Å². The van der Waals surface area contributed by atoms with Gasteiger partial charge in [0.25, 0.3) is 5.91 Å². The zero-order chi connectivity index (χ0) is 14.5. The van der Waals surface area contributed by atoms with Crippen molar-refractivity contribution in [3.63, 3.8) is 0 Å². The predicted molar refractivity (Wildman–Crippen MR) is 77.4 cm³/mol. The van der Waals surface area contributed by atoms with E-state index in [9.17, 15) is 14.3 Å². The van der Waals surface area contributed by atoms with Crippen molar-refractivity contribution < 1.29 is 14.3 Å². The summed E-state index contributed by atoms with van der Waals surface area (Å²) < 4.78 is 12.8. The molecule has 5 heteroatoms. The number of hydrogen-bond acceptors (Lipinski definition) is 3. The van der Waals surface area contributed by atoms with E-state index in [1.54, 1.807) is 0 Å². The molecule has 0 saturated carbocycles.